The number of halogens is 2. The van der Waals surface area contributed by atoms with Crippen molar-refractivity contribution < 1.29 is 8.81 Å². The number of hydrogen-bond donors (Lipinski definition) is 0. The molecule has 1 aromatic heterocycles. The number of rotatable bonds is 1. The average molecular weight is 303 g/mol. The maximum Gasteiger partial charge on any atom is 0.257 e. The van der Waals surface area contributed by atoms with Crippen LogP contribution in [0.4, 0.5) is 4.39 Å². The third-order valence-corrected chi connectivity index (χ3v) is 2.44. The highest BCUT2D eigenvalue weighted by molar-refractivity contribution is 14.1. The fourth-order valence-electron chi connectivity index (χ4n) is 1.14. The second kappa shape index (κ2) is 3.68. The lowest BCUT2D eigenvalue weighted by Crippen LogP contribution is -1.84. The molecule has 2 aromatic rings. The quantitative estimate of drug-likeness (QED) is 0.755. The van der Waals surface area contributed by atoms with Crippen LogP contribution in [0.2, 0.25) is 0 Å². The van der Waals surface area contributed by atoms with Crippen molar-refractivity contribution in [2.24, 2.45) is 0 Å². The van der Waals surface area contributed by atoms with Crippen LogP contribution in [0.25, 0.3) is 11.3 Å². The van der Waals surface area contributed by atoms with Crippen LogP contribution in [0, 0.1) is 16.6 Å². The van der Waals surface area contributed by atoms with Gasteiger partial charge in [-0.15, -0.1) is 0 Å². The van der Waals surface area contributed by atoms with Crippen LogP contribution in [0.3, 0.4) is 0 Å². The van der Waals surface area contributed by atoms with E-state index in [1.165, 1.54) is 12.3 Å². The van der Waals surface area contributed by atoms with E-state index in [0.29, 0.717) is 15.2 Å². The summed E-state index contributed by atoms with van der Waals surface area (Å²) in [5, 5.41) is 0. The summed E-state index contributed by atoms with van der Waals surface area (Å²) in [5.41, 5.74) is 2.03. The van der Waals surface area contributed by atoms with E-state index in [4.69, 9.17) is 4.42 Å². The first kappa shape index (κ1) is 9.64. The van der Waals surface area contributed by atoms with E-state index < -0.39 is 0 Å². The Kier molecular flexibility index (Phi) is 2.54. The van der Waals surface area contributed by atoms with Gasteiger partial charge in [0.2, 0.25) is 0 Å². The minimum atomic E-state index is -0.222. The summed E-state index contributed by atoms with van der Waals surface area (Å²) in [6.45, 7) is 1.73. The van der Waals surface area contributed by atoms with Crippen molar-refractivity contribution >= 4 is 22.6 Å². The Hall–Kier alpha value is -0.910. The van der Waals surface area contributed by atoms with Gasteiger partial charge in [-0.3, -0.25) is 0 Å². The van der Waals surface area contributed by atoms with Gasteiger partial charge in [-0.2, -0.15) is 0 Å². The highest BCUT2D eigenvalue weighted by Crippen LogP contribution is 2.21. The van der Waals surface area contributed by atoms with Gasteiger partial charge in [0.25, 0.3) is 3.90 Å². The van der Waals surface area contributed by atoms with Gasteiger partial charge in [0, 0.05) is 28.2 Å². The van der Waals surface area contributed by atoms with Crippen molar-refractivity contribution in [3.05, 3.63) is 39.7 Å². The average Bonchev–Trinajstić information content (AvgIpc) is 2.57. The van der Waals surface area contributed by atoms with Gasteiger partial charge in [0.15, 0.2) is 0 Å². The van der Waals surface area contributed by atoms with E-state index in [-0.39, 0.29) is 5.82 Å². The first-order valence-electron chi connectivity index (χ1n) is 4.04. The molecule has 0 aliphatic rings. The van der Waals surface area contributed by atoms with E-state index in [0.717, 1.165) is 5.56 Å². The maximum atomic E-state index is 13.2. The summed E-state index contributed by atoms with van der Waals surface area (Å²) in [5.74, 6) is -0.222. The summed E-state index contributed by atoms with van der Waals surface area (Å²) >= 11 is 1.97. The summed E-state index contributed by atoms with van der Waals surface area (Å²) in [4.78, 5) is 4.11. The lowest BCUT2D eigenvalue weighted by Gasteiger charge is -1.98. The second-order valence-electron chi connectivity index (χ2n) is 2.95. The molecule has 0 atom stereocenters. The molecular weight excluding hydrogens is 296 g/mol. The Morgan fingerprint density at radius 3 is 2.79 bits per heavy atom. The third-order valence-electron chi connectivity index (χ3n) is 1.94. The Labute approximate surface area is 94.3 Å². The van der Waals surface area contributed by atoms with Crippen molar-refractivity contribution in [2.45, 2.75) is 6.92 Å². The molecule has 2 rings (SSSR count). The Bertz CT molecular complexity index is 467. The van der Waals surface area contributed by atoms with E-state index >= 15 is 0 Å². The van der Waals surface area contributed by atoms with Gasteiger partial charge in [-0.1, -0.05) is 12.1 Å². The number of oxazole rings is 1. The standard InChI is InChI=1S/C10H7FINO/c1-6-2-3-7(4-8(6)11)9-5-14-10(12)13-9/h2-5H,1H3. The minimum Gasteiger partial charge on any atom is -0.440 e. The van der Waals surface area contributed by atoms with Gasteiger partial charge in [0.1, 0.15) is 17.8 Å². The number of hydrogen-bond acceptors (Lipinski definition) is 2. The van der Waals surface area contributed by atoms with Gasteiger partial charge in [-0.25, -0.2) is 9.37 Å². The fourth-order valence-corrected chi connectivity index (χ4v) is 1.52. The first-order valence-corrected chi connectivity index (χ1v) is 5.12. The molecule has 0 N–H and O–H groups in total. The smallest absolute Gasteiger partial charge is 0.257 e. The molecule has 1 aromatic carbocycles. The monoisotopic (exact) mass is 303 g/mol. The molecule has 0 fully saturated rings. The summed E-state index contributed by atoms with van der Waals surface area (Å²) < 4.78 is 18.8. The van der Waals surface area contributed by atoms with Crippen LogP contribution < -0.4 is 0 Å². The van der Waals surface area contributed by atoms with E-state index in [1.54, 1.807) is 13.0 Å². The second-order valence-corrected chi connectivity index (χ2v) is 3.87. The number of benzene rings is 1. The zero-order valence-corrected chi connectivity index (χ0v) is 9.58. The summed E-state index contributed by atoms with van der Waals surface area (Å²) in [6.07, 6.45) is 1.52. The fraction of sp³-hybridized carbons (Fsp3) is 0.100. The maximum absolute atomic E-state index is 13.2. The molecule has 0 saturated heterocycles. The van der Waals surface area contributed by atoms with Crippen molar-refractivity contribution in [1.29, 1.82) is 0 Å². The molecule has 4 heteroatoms. The molecule has 0 unspecified atom stereocenters. The largest absolute Gasteiger partial charge is 0.440 e. The molecule has 72 valence electrons. The predicted octanol–water partition coefficient (Wildman–Crippen LogP) is 3.39. The van der Waals surface area contributed by atoms with E-state index in [2.05, 4.69) is 4.98 Å². The number of aromatic nitrogens is 1. The summed E-state index contributed by atoms with van der Waals surface area (Å²) in [6, 6.07) is 5.02. The van der Waals surface area contributed by atoms with Crippen LogP contribution in [0.1, 0.15) is 5.56 Å². The molecule has 0 radical (unpaired) electrons. The number of nitrogens with zero attached hydrogens (tertiary/aromatic N) is 1. The molecule has 0 aliphatic heterocycles. The molecule has 1 heterocycles. The molecule has 0 spiro atoms. The van der Waals surface area contributed by atoms with E-state index in [9.17, 15) is 4.39 Å². The van der Waals surface area contributed by atoms with Crippen molar-refractivity contribution in [1.82, 2.24) is 4.98 Å². The Morgan fingerprint density at radius 1 is 1.43 bits per heavy atom. The van der Waals surface area contributed by atoms with Crippen molar-refractivity contribution in [3.8, 4) is 11.3 Å². The Balaban J connectivity index is 2.47. The molecule has 2 nitrogen and oxygen atoms in total. The zero-order valence-electron chi connectivity index (χ0n) is 7.42. The van der Waals surface area contributed by atoms with Crippen LogP contribution >= 0.6 is 22.6 Å². The zero-order chi connectivity index (χ0) is 10.1. The summed E-state index contributed by atoms with van der Waals surface area (Å²) in [7, 11) is 0. The van der Waals surface area contributed by atoms with Gasteiger partial charge < -0.3 is 4.42 Å². The Morgan fingerprint density at radius 2 is 2.21 bits per heavy atom. The van der Waals surface area contributed by atoms with Crippen LogP contribution in [-0.4, -0.2) is 4.98 Å². The van der Waals surface area contributed by atoms with Crippen LogP contribution in [-0.2, 0) is 0 Å². The van der Waals surface area contributed by atoms with Gasteiger partial charge in [-0.05, 0) is 18.6 Å². The lowest BCUT2D eigenvalue weighted by atomic mass is 10.1. The van der Waals surface area contributed by atoms with Gasteiger partial charge in [0.05, 0.1) is 0 Å². The highest BCUT2D eigenvalue weighted by atomic mass is 127. The molecule has 0 aliphatic carbocycles. The van der Waals surface area contributed by atoms with Gasteiger partial charge >= 0.3 is 0 Å². The molecule has 0 amide bonds. The van der Waals surface area contributed by atoms with Crippen molar-refractivity contribution in [3.63, 3.8) is 0 Å². The minimum absolute atomic E-state index is 0.222. The molecule has 14 heavy (non-hydrogen) atoms. The van der Waals surface area contributed by atoms with E-state index in [1.807, 2.05) is 28.7 Å². The normalized spacial score (nSPS) is 10.5. The predicted molar refractivity (Wildman–Crippen MR) is 59.4 cm³/mol. The molecule has 0 bridgehead atoms. The SMILES string of the molecule is Cc1ccc(-c2coc(I)n2)cc1F. The van der Waals surface area contributed by atoms with Crippen molar-refractivity contribution in [2.75, 3.05) is 0 Å². The molecular formula is C10H7FINO. The third kappa shape index (κ3) is 1.79. The molecule has 0 saturated carbocycles. The topological polar surface area (TPSA) is 26.0 Å². The van der Waals surface area contributed by atoms with Crippen LogP contribution in [0.5, 0.6) is 0 Å². The first-order chi connectivity index (χ1) is 6.66. The number of aryl methyl sites for hydroxylation is 1. The van der Waals surface area contributed by atoms with Crippen LogP contribution in [0.15, 0.2) is 28.9 Å². The highest BCUT2D eigenvalue weighted by Gasteiger charge is 2.06. The lowest BCUT2D eigenvalue weighted by molar-refractivity contribution is 0.525.